The Kier molecular flexibility index (Phi) is 11.3. The molecule has 3 N–H and O–H groups in total. The zero-order chi connectivity index (χ0) is 19.6. The molecule has 0 aliphatic rings. The van der Waals surface area contributed by atoms with Gasteiger partial charge in [0.25, 0.3) is 5.69 Å². The van der Waals surface area contributed by atoms with Gasteiger partial charge in [0.2, 0.25) is 0 Å². The molecule has 0 aliphatic carbocycles. The van der Waals surface area contributed by atoms with E-state index in [2.05, 4.69) is 20.9 Å². The van der Waals surface area contributed by atoms with Crippen LogP contribution < -0.4 is 16.0 Å². The van der Waals surface area contributed by atoms with Gasteiger partial charge in [0.15, 0.2) is 5.96 Å². The third kappa shape index (κ3) is 10.6. The van der Waals surface area contributed by atoms with Crippen LogP contribution in [0.5, 0.6) is 0 Å². The molecule has 0 radical (unpaired) electrons. The fraction of sp³-hybridized carbons (Fsp3) is 0.529. The van der Waals surface area contributed by atoms with Crippen molar-refractivity contribution in [2.24, 2.45) is 4.99 Å². The number of nitrogens with one attached hydrogen (secondary N) is 3. The van der Waals surface area contributed by atoms with Crippen molar-refractivity contribution in [3.8, 4) is 0 Å². The molecule has 27 heavy (non-hydrogen) atoms. The van der Waals surface area contributed by atoms with Gasteiger partial charge in [-0.3, -0.25) is 15.1 Å². The summed E-state index contributed by atoms with van der Waals surface area (Å²) < 4.78 is 5.14. The first-order valence-electron chi connectivity index (χ1n) is 8.36. The Morgan fingerprint density at radius 2 is 1.81 bits per heavy atom. The number of halogens is 1. The molecule has 0 spiro atoms. The van der Waals surface area contributed by atoms with E-state index in [1.54, 1.807) is 46.0 Å². The standard InChI is InChI=1S/C17H27N5O4.HI/c1-17(2,3)26-16(23)20-11-7-10-19-15(18-4)21-12-13-8-5-6-9-14(13)22(24)25;/h5-6,8-9H,7,10-12H2,1-4H3,(H,20,23)(H2,18,19,21);1H. The van der Waals surface area contributed by atoms with Crippen LogP contribution in [0.15, 0.2) is 29.3 Å². The van der Waals surface area contributed by atoms with Gasteiger partial charge in [-0.2, -0.15) is 0 Å². The number of aliphatic imine (C=N–C) groups is 1. The quantitative estimate of drug-likeness (QED) is 0.134. The third-order valence-corrected chi connectivity index (χ3v) is 3.17. The topological polar surface area (TPSA) is 118 Å². The minimum Gasteiger partial charge on any atom is -0.444 e. The number of hydrogen-bond donors (Lipinski definition) is 3. The van der Waals surface area contributed by atoms with Crippen LogP contribution in [0.2, 0.25) is 0 Å². The Labute approximate surface area is 176 Å². The molecule has 1 aromatic rings. The van der Waals surface area contributed by atoms with Gasteiger partial charge in [-0.15, -0.1) is 24.0 Å². The number of para-hydroxylation sites is 1. The molecule has 0 aromatic heterocycles. The molecule has 1 amide bonds. The highest BCUT2D eigenvalue weighted by Crippen LogP contribution is 2.16. The van der Waals surface area contributed by atoms with Gasteiger partial charge in [-0.1, -0.05) is 18.2 Å². The minimum atomic E-state index is -0.520. The highest BCUT2D eigenvalue weighted by Gasteiger charge is 2.15. The zero-order valence-corrected chi connectivity index (χ0v) is 18.4. The number of rotatable bonds is 7. The summed E-state index contributed by atoms with van der Waals surface area (Å²) in [6.07, 6.45) is 0.224. The number of benzene rings is 1. The Bertz CT molecular complexity index is 646. The number of alkyl carbamates (subject to hydrolysis) is 1. The number of carbonyl (C=O) groups excluding carboxylic acids is 1. The van der Waals surface area contributed by atoms with Crippen LogP contribution in [0.4, 0.5) is 10.5 Å². The fourth-order valence-corrected chi connectivity index (χ4v) is 2.04. The number of hydrogen-bond acceptors (Lipinski definition) is 5. The number of carbonyl (C=O) groups is 1. The number of amides is 1. The van der Waals surface area contributed by atoms with Crippen molar-refractivity contribution >= 4 is 41.7 Å². The van der Waals surface area contributed by atoms with E-state index in [0.717, 1.165) is 0 Å². The third-order valence-electron chi connectivity index (χ3n) is 3.17. The van der Waals surface area contributed by atoms with Crippen molar-refractivity contribution in [3.05, 3.63) is 39.9 Å². The predicted octanol–water partition coefficient (Wildman–Crippen LogP) is 2.79. The van der Waals surface area contributed by atoms with Crippen molar-refractivity contribution in [1.82, 2.24) is 16.0 Å². The van der Waals surface area contributed by atoms with Crippen molar-refractivity contribution < 1.29 is 14.5 Å². The first kappa shape index (κ1) is 24.9. The normalized spacial score (nSPS) is 11.2. The molecule has 152 valence electrons. The highest BCUT2D eigenvalue weighted by molar-refractivity contribution is 14.0. The van der Waals surface area contributed by atoms with Crippen molar-refractivity contribution in [1.29, 1.82) is 0 Å². The largest absolute Gasteiger partial charge is 0.444 e. The van der Waals surface area contributed by atoms with Crippen molar-refractivity contribution in [2.75, 3.05) is 20.1 Å². The summed E-state index contributed by atoms with van der Waals surface area (Å²) >= 11 is 0. The monoisotopic (exact) mass is 493 g/mol. The molecular formula is C17H28IN5O4. The van der Waals surface area contributed by atoms with Gasteiger partial charge in [-0.05, 0) is 27.2 Å². The van der Waals surface area contributed by atoms with E-state index < -0.39 is 16.6 Å². The van der Waals surface area contributed by atoms with E-state index in [1.165, 1.54) is 6.07 Å². The van der Waals surface area contributed by atoms with Gasteiger partial charge in [0.05, 0.1) is 4.92 Å². The summed E-state index contributed by atoms with van der Waals surface area (Å²) in [6.45, 7) is 6.74. The second kappa shape index (κ2) is 12.3. The lowest BCUT2D eigenvalue weighted by Crippen LogP contribution is -2.39. The van der Waals surface area contributed by atoms with Crippen LogP contribution >= 0.6 is 24.0 Å². The van der Waals surface area contributed by atoms with E-state index in [-0.39, 0.29) is 36.2 Å². The molecule has 1 aromatic carbocycles. The molecule has 0 aliphatic heterocycles. The first-order valence-corrected chi connectivity index (χ1v) is 8.36. The number of nitro benzene ring substituents is 1. The summed E-state index contributed by atoms with van der Waals surface area (Å²) in [5.74, 6) is 0.528. The molecule has 9 nitrogen and oxygen atoms in total. The van der Waals surface area contributed by atoms with E-state index in [1.807, 2.05) is 0 Å². The Balaban J connectivity index is 0.00000676. The van der Waals surface area contributed by atoms with Crippen LogP contribution in [0.25, 0.3) is 0 Å². The van der Waals surface area contributed by atoms with Gasteiger partial charge < -0.3 is 20.7 Å². The SMILES string of the molecule is CN=C(NCCCNC(=O)OC(C)(C)C)NCc1ccccc1[N+](=O)[O-].I. The Morgan fingerprint density at radius 3 is 2.41 bits per heavy atom. The molecule has 0 heterocycles. The number of nitro groups is 1. The number of nitrogens with zero attached hydrogens (tertiary/aromatic N) is 2. The second-order valence-corrected chi connectivity index (χ2v) is 6.52. The van der Waals surface area contributed by atoms with Gasteiger partial charge in [0, 0.05) is 38.3 Å². The van der Waals surface area contributed by atoms with Crippen LogP contribution in [0, 0.1) is 10.1 Å². The predicted molar refractivity (Wildman–Crippen MR) is 116 cm³/mol. The fourth-order valence-electron chi connectivity index (χ4n) is 2.04. The van der Waals surface area contributed by atoms with Crippen LogP contribution in [0.3, 0.4) is 0 Å². The molecule has 0 saturated carbocycles. The Hall–Kier alpha value is -2.11. The van der Waals surface area contributed by atoms with E-state index in [0.29, 0.717) is 31.0 Å². The van der Waals surface area contributed by atoms with Gasteiger partial charge >= 0.3 is 6.09 Å². The minimum absolute atomic E-state index is 0. The lowest BCUT2D eigenvalue weighted by atomic mass is 10.2. The molecule has 0 atom stereocenters. The van der Waals surface area contributed by atoms with Gasteiger partial charge in [-0.25, -0.2) is 4.79 Å². The molecule has 0 fully saturated rings. The maximum absolute atomic E-state index is 11.5. The first-order chi connectivity index (χ1) is 12.2. The van der Waals surface area contributed by atoms with E-state index in [9.17, 15) is 14.9 Å². The molecule has 1 rings (SSSR count). The molecule has 0 bridgehead atoms. The highest BCUT2D eigenvalue weighted by atomic mass is 127. The molecule has 0 saturated heterocycles. The zero-order valence-electron chi connectivity index (χ0n) is 16.1. The lowest BCUT2D eigenvalue weighted by molar-refractivity contribution is -0.385. The second-order valence-electron chi connectivity index (χ2n) is 6.52. The van der Waals surface area contributed by atoms with E-state index >= 15 is 0 Å². The molecular weight excluding hydrogens is 465 g/mol. The molecule has 10 heteroatoms. The smallest absolute Gasteiger partial charge is 0.407 e. The van der Waals surface area contributed by atoms with Crippen LogP contribution in [0.1, 0.15) is 32.8 Å². The van der Waals surface area contributed by atoms with E-state index in [4.69, 9.17) is 4.74 Å². The number of ether oxygens (including phenoxy) is 1. The summed E-state index contributed by atoms with van der Waals surface area (Å²) in [7, 11) is 1.62. The maximum atomic E-state index is 11.5. The summed E-state index contributed by atoms with van der Waals surface area (Å²) in [5.41, 5.74) is 0.123. The summed E-state index contributed by atoms with van der Waals surface area (Å²) in [4.78, 5) is 26.2. The molecule has 0 unspecified atom stereocenters. The summed E-state index contributed by atoms with van der Waals surface area (Å²) in [6, 6.07) is 6.55. The van der Waals surface area contributed by atoms with Crippen molar-refractivity contribution in [3.63, 3.8) is 0 Å². The van der Waals surface area contributed by atoms with Crippen LogP contribution in [-0.4, -0.2) is 42.7 Å². The maximum Gasteiger partial charge on any atom is 0.407 e. The Morgan fingerprint density at radius 1 is 1.19 bits per heavy atom. The van der Waals surface area contributed by atoms with Crippen LogP contribution in [-0.2, 0) is 11.3 Å². The average Bonchev–Trinajstić information content (AvgIpc) is 2.55. The average molecular weight is 493 g/mol. The van der Waals surface area contributed by atoms with Crippen molar-refractivity contribution in [2.45, 2.75) is 39.3 Å². The summed E-state index contributed by atoms with van der Waals surface area (Å²) in [5, 5.41) is 19.8. The number of guanidine groups is 1. The lowest BCUT2D eigenvalue weighted by Gasteiger charge is -2.19. The van der Waals surface area contributed by atoms with Gasteiger partial charge in [0.1, 0.15) is 5.60 Å².